The zero-order valence-electron chi connectivity index (χ0n) is 9.77. The first kappa shape index (κ1) is 13.0. The number of carbonyl (C=O) groups is 2. The molecule has 1 N–H and O–H groups in total. The quantitative estimate of drug-likeness (QED) is 0.625. The minimum atomic E-state index is -0.257. The molecule has 0 heterocycles. The van der Waals surface area contributed by atoms with E-state index in [1.54, 1.807) is 18.2 Å². The van der Waals surface area contributed by atoms with Crippen molar-refractivity contribution in [3.63, 3.8) is 0 Å². The minimum Gasteiger partial charge on any atom is -0.504 e. The second-order valence-corrected chi connectivity index (χ2v) is 3.61. The fourth-order valence-electron chi connectivity index (χ4n) is 1.30. The summed E-state index contributed by atoms with van der Waals surface area (Å²) in [5, 5.41) is 9.50. The molecule has 0 unspecified atom stereocenters. The molecule has 1 aromatic rings. The van der Waals surface area contributed by atoms with Crippen LogP contribution in [-0.4, -0.2) is 23.8 Å². The van der Waals surface area contributed by atoms with E-state index in [9.17, 15) is 14.7 Å². The van der Waals surface area contributed by atoms with Crippen molar-refractivity contribution in [3.05, 3.63) is 29.8 Å². The highest BCUT2D eigenvalue weighted by Gasteiger charge is 2.02. The molecule has 0 aliphatic carbocycles. The van der Waals surface area contributed by atoms with Gasteiger partial charge in [-0.25, -0.2) is 0 Å². The number of allylic oxidation sites excluding steroid dienone is 1. The number of phenols is 1. The normalized spacial score (nSPS) is 10.5. The molecule has 0 aliphatic heterocycles. The summed E-state index contributed by atoms with van der Waals surface area (Å²) in [6.07, 6.45) is 2.77. The average Bonchev–Trinajstić information content (AvgIpc) is 2.25. The SMILES string of the molecule is COc1ccc(/C=C/C(=O)CC(C)=O)cc1O. The third-order valence-corrected chi connectivity index (χ3v) is 2.09. The van der Waals surface area contributed by atoms with E-state index in [1.165, 1.54) is 26.2 Å². The van der Waals surface area contributed by atoms with Crippen molar-refractivity contribution in [2.24, 2.45) is 0 Å². The predicted octanol–water partition coefficient (Wildman–Crippen LogP) is 1.96. The van der Waals surface area contributed by atoms with E-state index in [0.29, 0.717) is 11.3 Å². The standard InChI is InChI=1S/C13H14O4/c1-9(14)7-11(15)5-3-10-4-6-13(17-2)12(16)8-10/h3-6,8,16H,7H2,1-2H3/b5-3+. The predicted molar refractivity (Wildman–Crippen MR) is 64.0 cm³/mol. The number of hydrogen-bond donors (Lipinski definition) is 1. The van der Waals surface area contributed by atoms with Crippen LogP contribution in [0.4, 0.5) is 0 Å². The lowest BCUT2D eigenvalue weighted by Gasteiger charge is -2.03. The number of phenolic OH excluding ortho intramolecular Hbond substituents is 1. The molecule has 0 amide bonds. The maximum atomic E-state index is 11.2. The van der Waals surface area contributed by atoms with Crippen LogP contribution in [0.2, 0.25) is 0 Å². The van der Waals surface area contributed by atoms with Crippen LogP contribution < -0.4 is 4.74 Å². The number of ether oxygens (including phenoxy) is 1. The Morgan fingerprint density at radius 2 is 2.12 bits per heavy atom. The van der Waals surface area contributed by atoms with Gasteiger partial charge < -0.3 is 9.84 Å². The fourth-order valence-corrected chi connectivity index (χ4v) is 1.30. The number of ketones is 2. The summed E-state index contributed by atoms with van der Waals surface area (Å²) in [6.45, 7) is 1.37. The van der Waals surface area contributed by atoms with E-state index in [0.717, 1.165) is 0 Å². The lowest BCUT2D eigenvalue weighted by atomic mass is 10.1. The molecule has 0 saturated carbocycles. The molecule has 0 fully saturated rings. The molecule has 1 aromatic carbocycles. The second-order valence-electron chi connectivity index (χ2n) is 3.61. The van der Waals surface area contributed by atoms with Gasteiger partial charge in [-0.05, 0) is 30.7 Å². The molecular weight excluding hydrogens is 220 g/mol. The van der Waals surface area contributed by atoms with Crippen molar-refractivity contribution in [3.8, 4) is 11.5 Å². The zero-order chi connectivity index (χ0) is 12.8. The Morgan fingerprint density at radius 1 is 1.41 bits per heavy atom. The van der Waals surface area contributed by atoms with E-state index in [2.05, 4.69) is 0 Å². The number of hydrogen-bond acceptors (Lipinski definition) is 4. The van der Waals surface area contributed by atoms with Crippen LogP contribution in [-0.2, 0) is 9.59 Å². The van der Waals surface area contributed by atoms with Gasteiger partial charge in [-0.3, -0.25) is 9.59 Å². The summed E-state index contributed by atoms with van der Waals surface area (Å²) in [6, 6.07) is 4.79. The average molecular weight is 234 g/mol. The molecule has 4 nitrogen and oxygen atoms in total. The lowest BCUT2D eigenvalue weighted by Crippen LogP contribution is -1.99. The molecule has 0 aliphatic rings. The molecule has 4 heteroatoms. The summed E-state index contributed by atoms with van der Waals surface area (Å²) in [5.74, 6) is -0.0454. The van der Waals surface area contributed by atoms with Gasteiger partial charge in [0.25, 0.3) is 0 Å². The molecule has 0 saturated heterocycles. The molecule has 1 rings (SSSR count). The first-order valence-corrected chi connectivity index (χ1v) is 5.10. The minimum absolute atomic E-state index is 0.00802. The number of methoxy groups -OCH3 is 1. The van der Waals surface area contributed by atoms with Gasteiger partial charge in [0.1, 0.15) is 5.78 Å². The van der Waals surface area contributed by atoms with Crippen LogP contribution in [0.1, 0.15) is 18.9 Å². The highest BCUT2D eigenvalue weighted by atomic mass is 16.5. The Kier molecular flexibility index (Phi) is 4.46. The summed E-state index contributed by atoms with van der Waals surface area (Å²) in [4.78, 5) is 21.9. The number of rotatable bonds is 5. The van der Waals surface area contributed by atoms with Gasteiger partial charge in [0.05, 0.1) is 13.5 Å². The van der Waals surface area contributed by atoms with Crippen LogP contribution in [0.25, 0.3) is 6.08 Å². The van der Waals surface area contributed by atoms with Crippen LogP contribution in [0.3, 0.4) is 0 Å². The summed E-state index contributed by atoms with van der Waals surface area (Å²) in [5.41, 5.74) is 0.667. The number of Topliss-reactive ketones (excluding diaryl/α,β-unsaturated/α-hetero) is 1. The molecule has 0 atom stereocenters. The van der Waals surface area contributed by atoms with Crippen LogP contribution >= 0.6 is 0 Å². The van der Waals surface area contributed by atoms with E-state index in [-0.39, 0.29) is 23.7 Å². The van der Waals surface area contributed by atoms with Gasteiger partial charge in [0.2, 0.25) is 0 Å². The molecular formula is C13H14O4. The summed E-state index contributed by atoms with van der Waals surface area (Å²) >= 11 is 0. The molecule has 0 bridgehead atoms. The van der Waals surface area contributed by atoms with Crippen LogP contribution in [0, 0.1) is 0 Å². The van der Waals surface area contributed by atoms with Crippen LogP contribution in [0.15, 0.2) is 24.3 Å². The van der Waals surface area contributed by atoms with Crippen molar-refractivity contribution in [1.29, 1.82) is 0 Å². The topological polar surface area (TPSA) is 63.6 Å². The summed E-state index contributed by atoms with van der Waals surface area (Å²) in [7, 11) is 1.46. The smallest absolute Gasteiger partial charge is 0.163 e. The lowest BCUT2D eigenvalue weighted by molar-refractivity contribution is -0.123. The maximum absolute atomic E-state index is 11.2. The van der Waals surface area contributed by atoms with Crippen molar-refractivity contribution in [1.82, 2.24) is 0 Å². The molecule has 17 heavy (non-hydrogen) atoms. The third-order valence-electron chi connectivity index (χ3n) is 2.09. The largest absolute Gasteiger partial charge is 0.504 e. The van der Waals surface area contributed by atoms with Gasteiger partial charge in [-0.1, -0.05) is 12.1 Å². The fraction of sp³-hybridized carbons (Fsp3) is 0.231. The van der Waals surface area contributed by atoms with Gasteiger partial charge in [0.15, 0.2) is 17.3 Å². The molecule has 0 radical (unpaired) electrons. The Bertz CT molecular complexity index is 460. The van der Waals surface area contributed by atoms with Crippen molar-refractivity contribution >= 4 is 17.6 Å². The zero-order valence-corrected chi connectivity index (χ0v) is 9.77. The van der Waals surface area contributed by atoms with Gasteiger partial charge >= 0.3 is 0 Å². The maximum Gasteiger partial charge on any atom is 0.163 e. The second kappa shape index (κ2) is 5.84. The monoisotopic (exact) mass is 234 g/mol. The first-order chi connectivity index (χ1) is 8.02. The number of carbonyl (C=O) groups excluding carboxylic acids is 2. The van der Waals surface area contributed by atoms with E-state index < -0.39 is 0 Å². The van der Waals surface area contributed by atoms with Crippen molar-refractivity contribution in [2.45, 2.75) is 13.3 Å². The van der Waals surface area contributed by atoms with E-state index in [1.807, 2.05) is 0 Å². The molecule has 90 valence electrons. The Balaban J connectivity index is 2.75. The van der Waals surface area contributed by atoms with Gasteiger partial charge in [-0.15, -0.1) is 0 Å². The van der Waals surface area contributed by atoms with E-state index >= 15 is 0 Å². The Labute approximate surface area is 99.5 Å². The number of aromatic hydroxyl groups is 1. The molecule has 0 aromatic heterocycles. The summed E-state index contributed by atoms with van der Waals surface area (Å²) < 4.78 is 4.89. The van der Waals surface area contributed by atoms with Crippen LogP contribution in [0.5, 0.6) is 11.5 Å². The number of benzene rings is 1. The highest BCUT2D eigenvalue weighted by Crippen LogP contribution is 2.26. The Morgan fingerprint density at radius 3 is 2.65 bits per heavy atom. The van der Waals surface area contributed by atoms with Crippen molar-refractivity contribution in [2.75, 3.05) is 7.11 Å². The van der Waals surface area contributed by atoms with E-state index in [4.69, 9.17) is 4.74 Å². The molecule has 0 spiro atoms. The van der Waals surface area contributed by atoms with Gasteiger partial charge in [-0.2, -0.15) is 0 Å². The third kappa shape index (κ3) is 4.10. The van der Waals surface area contributed by atoms with Crippen molar-refractivity contribution < 1.29 is 19.4 Å². The van der Waals surface area contributed by atoms with Gasteiger partial charge in [0, 0.05) is 0 Å². The highest BCUT2D eigenvalue weighted by molar-refractivity contribution is 6.05. The Hall–Kier alpha value is -2.10. The first-order valence-electron chi connectivity index (χ1n) is 5.10.